The molecule has 1 aromatic carbocycles. The van der Waals surface area contributed by atoms with Gasteiger partial charge in [-0.15, -0.1) is 10.2 Å². The van der Waals surface area contributed by atoms with E-state index < -0.39 is 17.7 Å². The predicted octanol–water partition coefficient (Wildman–Crippen LogP) is 3.30. The van der Waals surface area contributed by atoms with E-state index in [1.54, 1.807) is 13.8 Å². The highest BCUT2D eigenvalue weighted by Crippen LogP contribution is 2.31. The fraction of sp³-hybridized carbons (Fsp3) is 0.250. The van der Waals surface area contributed by atoms with Crippen molar-refractivity contribution in [3.8, 4) is 11.6 Å². The molecule has 9 heteroatoms. The van der Waals surface area contributed by atoms with E-state index in [4.69, 9.17) is 4.42 Å². The van der Waals surface area contributed by atoms with Crippen molar-refractivity contribution < 1.29 is 17.6 Å². The van der Waals surface area contributed by atoms with E-state index in [2.05, 4.69) is 20.2 Å². The molecule has 0 aliphatic rings. The number of nitrogens with one attached hydrogen (secondary N) is 1. The maximum Gasteiger partial charge on any atom is 0.416 e. The van der Waals surface area contributed by atoms with Gasteiger partial charge in [-0.05, 0) is 31.5 Å². The molecule has 0 radical (unpaired) electrons. The second kappa shape index (κ2) is 6.15. The molecule has 0 aliphatic heterocycles. The van der Waals surface area contributed by atoms with E-state index in [0.29, 0.717) is 11.4 Å². The molecule has 0 saturated heterocycles. The lowest BCUT2D eigenvalue weighted by atomic mass is 10.00. The number of aryl methyl sites for hydroxylation is 1. The Hall–Kier alpha value is -2.97. The van der Waals surface area contributed by atoms with E-state index in [9.17, 15) is 18.0 Å². The van der Waals surface area contributed by atoms with Gasteiger partial charge in [-0.25, -0.2) is 4.98 Å². The molecule has 0 fully saturated rings. The lowest BCUT2D eigenvalue weighted by Crippen LogP contribution is -2.08. The van der Waals surface area contributed by atoms with E-state index in [-0.39, 0.29) is 23.0 Å². The predicted molar refractivity (Wildman–Crippen MR) is 81.8 cm³/mol. The average molecular weight is 350 g/mol. The zero-order chi connectivity index (χ0) is 18.2. The smallest absolute Gasteiger partial charge is 0.416 e. The third kappa shape index (κ3) is 3.59. The molecule has 3 aromatic rings. The van der Waals surface area contributed by atoms with Crippen molar-refractivity contribution in [3.05, 3.63) is 63.5 Å². The van der Waals surface area contributed by atoms with Gasteiger partial charge < -0.3 is 9.40 Å². The van der Waals surface area contributed by atoms with Gasteiger partial charge in [0.1, 0.15) is 11.5 Å². The molecule has 2 aromatic heterocycles. The van der Waals surface area contributed by atoms with Crippen LogP contribution in [0, 0.1) is 6.92 Å². The van der Waals surface area contributed by atoms with Crippen molar-refractivity contribution in [1.29, 1.82) is 0 Å². The third-order valence-corrected chi connectivity index (χ3v) is 3.63. The van der Waals surface area contributed by atoms with Crippen molar-refractivity contribution in [1.82, 2.24) is 20.2 Å². The van der Waals surface area contributed by atoms with Gasteiger partial charge in [-0.2, -0.15) is 13.2 Å². The van der Waals surface area contributed by atoms with Gasteiger partial charge in [0.15, 0.2) is 0 Å². The molecule has 25 heavy (non-hydrogen) atoms. The molecule has 1 N–H and O–H groups in total. The normalized spacial score (nSPS) is 13.0. The summed E-state index contributed by atoms with van der Waals surface area (Å²) >= 11 is 0. The van der Waals surface area contributed by atoms with Crippen molar-refractivity contribution in [2.75, 3.05) is 0 Å². The molecule has 2 heterocycles. The minimum atomic E-state index is -4.39. The Morgan fingerprint density at radius 2 is 1.84 bits per heavy atom. The SMILES string of the molecule is Cc1nc(-c2nnc(C(C)c3ccc(C(F)(F)F)cc3)o2)cc(=O)[nH]1. The average Bonchev–Trinajstić information content (AvgIpc) is 3.02. The standard InChI is InChI=1S/C16H13F3N4O2/c1-8(10-3-5-11(6-4-10)16(17,18)19)14-22-23-15(25-14)12-7-13(24)21-9(2)20-12/h3-8H,1-2H3,(H,20,21,24). The highest BCUT2D eigenvalue weighted by Gasteiger charge is 2.30. The zero-order valence-electron chi connectivity index (χ0n) is 13.3. The molecule has 0 bridgehead atoms. The van der Waals surface area contributed by atoms with Gasteiger partial charge in [0.25, 0.3) is 11.4 Å². The first-order chi connectivity index (χ1) is 11.7. The Morgan fingerprint density at radius 3 is 2.44 bits per heavy atom. The van der Waals surface area contributed by atoms with Crippen LogP contribution in [0.5, 0.6) is 0 Å². The number of alkyl halides is 3. The number of aromatic amines is 1. The van der Waals surface area contributed by atoms with Gasteiger partial charge in [0.2, 0.25) is 5.89 Å². The topological polar surface area (TPSA) is 84.7 Å². The Morgan fingerprint density at radius 1 is 1.16 bits per heavy atom. The van der Waals surface area contributed by atoms with Gasteiger partial charge in [0.05, 0.1) is 11.5 Å². The number of aromatic nitrogens is 4. The molecular formula is C16H13F3N4O2. The molecule has 0 aliphatic carbocycles. The molecule has 0 amide bonds. The first kappa shape index (κ1) is 16.9. The van der Waals surface area contributed by atoms with Crippen molar-refractivity contribution in [2.24, 2.45) is 0 Å². The van der Waals surface area contributed by atoms with Gasteiger partial charge in [-0.1, -0.05) is 12.1 Å². The number of H-pyrrole nitrogens is 1. The summed E-state index contributed by atoms with van der Waals surface area (Å²) in [4.78, 5) is 18.1. The Bertz CT molecular complexity index is 945. The molecule has 6 nitrogen and oxygen atoms in total. The molecule has 3 rings (SSSR count). The number of benzene rings is 1. The summed E-state index contributed by atoms with van der Waals surface area (Å²) in [5.41, 5.74) is -0.242. The molecule has 1 unspecified atom stereocenters. The van der Waals surface area contributed by atoms with E-state index in [1.165, 1.54) is 18.2 Å². The minimum absolute atomic E-state index is 0.0722. The summed E-state index contributed by atoms with van der Waals surface area (Å²) in [6, 6.07) is 5.97. The first-order valence-electron chi connectivity index (χ1n) is 7.33. The van der Waals surface area contributed by atoms with Crippen LogP contribution >= 0.6 is 0 Å². The van der Waals surface area contributed by atoms with Crippen molar-refractivity contribution in [3.63, 3.8) is 0 Å². The second-order valence-corrected chi connectivity index (χ2v) is 5.50. The number of nitrogens with zero attached hydrogens (tertiary/aromatic N) is 3. The largest absolute Gasteiger partial charge is 0.419 e. The van der Waals surface area contributed by atoms with E-state index >= 15 is 0 Å². The second-order valence-electron chi connectivity index (χ2n) is 5.50. The zero-order valence-corrected chi connectivity index (χ0v) is 13.3. The fourth-order valence-electron chi connectivity index (χ4n) is 2.31. The molecule has 0 saturated carbocycles. The van der Waals surface area contributed by atoms with Crippen LogP contribution in [-0.4, -0.2) is 20.2 Å². The van der Waals surface area contributed by atoms with Crippen LogP contribution in [0.25, 0.3) is 11.6 Å². The van der Waals surface area contributed by atoms with Gasteiger partial charge in [-0.3, -0.25) is 4.79 Å². The Labute approximate surface area is 139 Å². The van der Waals surface area contributed by atoms with Crippen LogP contribution in [0.1, 0.15) is 35.7 Å². The highest BCUT2D eigenvalue weighted by molar-refractivity contribution is 5.45. The fourth-order valence-corrected chi connectivity index (χ4v) is 2.31. The summed E-state index contributed by atoms with van der Waals surface area (Å²) in [7, 11) is 0. The van der Waals surface area contributed by atoms with Crippen LogP contribution in [0.4, 0.5) is 13.2 Å². The molecule has 130 valence electrons. The lowest BCUT2D eigenvalue weighted by molar-refractivity contribution is -0.137. The summed E-state index contributed by atoms with van der Waals surface area (Å²) in [6.07, 6.45) is -4.39. The van der Waals surface area contributed by atoms with Gasteiger partial charge >= 0.3 is 6.18 Å². The number of halogens is 3. The maximum absolute atomic E-state index is 12.6. The third-order valence-electron chi connectivity index (χ3n) is 3.63. The number of rotatable bonds is 3. The summed E-state index contributed by atoms with van der Waals surface area (Å²) in [6.45, 7) is 3.35. The first-order valence-corrected chi connectivity index (χ1v) is 7.33. The van der Waals surface area contributed by atoms with E-state index in [0.717, 1.165) is 12.1 Å². The quantitative estimate of drug-likeness (QED) is 0.783. The van der Waals surface area contributed by atoms with Crippen LogP contribution in [0.2, 0.25) is 0 Å². The summed E-state index contributed by atoms with van der Waals surface area (Å²) in [5.74, 6) is 0.280. The van der Waals surface area contributed by atoms with Crippen LogP contribution in [0.15, 0.2) is 39.5 Å². The van der Waals surface area contributed by atoms with Crippen LogP contribution in [0.3, 0.4) is 0 Å². The van der Waals surface area contributed by atoms with E-state index in [1.807, 2.05) is 0 Å². The van der Waals surface area contributed by atoms with Crippen molar-refractivity contribution in [2.45, 2.75) is 25.9 Å². The Kier molecular flexibility index (Phi) is 4.15. The monoisotopic (exact) mass is 350 g/mol. The van der Waals surface area contributed by atoms with Crippen molar-refractivity contribution >= 4 is 0 Å². The number of hydrogen-bond donors (Lipinski definition) is 1. The molecular weight excluding hydrogens is 337 g/mol. The molecule has 1 atom stereocenters. The van der Waals surface area contributed by atoms with Gasteiger partial charge in [0, 0.05) is 6.07 Å². The Balaban J connectivity index is 1.87. The lowest BCUT2D eigenvalue weighted by Gasteiger charge is -2.10. The maximum atomic E-state index is 12.6. The summed E-state index contributed by atoms with van der Waals surface area (Å²) in [5, 5.41) is 7.77. The number of hydrogen-bond acceptors (Lipinski definition) is 5. The summed E-state index contributed by atoms with van der Waals surface area (Å²) < 4.78 is 43.4. The highest BCUT2D eigenvalue weighted by atomic mass is 19.4. The van der Waals surface area contributed by atoms with Crippen LogP contribution < -0.4 is 5.56 Å². The minimum Gasteiger partial charge on any atom is -0.419 e. The molecule has 0 spiro atoms. The van der Waals surface area contributed by atoms with Crippen LogP contribution in [-0.2, 0) is 6.18 Å².